The highest BCUT2D eigenvalue weighted by molar-refractivity contribution is 5.83. The second kappa shape index (κ2) is 7.23. The lowest BCUT2D eigenvalue weighted by Gasteiger charge is -2.17. The van der Waals surface area contributed by atoms with Gasteiger partial charge in [-0.15, -0.1) is 0 Å². The predicted molar refractivity (Wildman–Crippen MR) is 57.6 cm³/mol. The van der Waals surface area contributed by atoms with Gasteiger partial charge in [-0.2, -0.15) is 0 Å². The van der Waals surface area contributed by atoms with Gasteiger partial charge in [-0.25, -0.2) is 4.79 Å². The summed E-state index contributed by atoms with van der Waals surface area (Å²) in [4.78, 5) is 22.1. The van der Waals surface area contributed by atoms with Crippen LogP contribution in [0.2, 0.25) is 0 Å². The molecule has 1 amide bonds. The Balaban J connectivity index is 3.95. The number of hydrogen-bond acceptors (Lipinski definition) is 3. The summed E-state index contributed by atoms with van der Waals surface area (Å²) in [6.07, 6.45) is 0.310. The lowest BCUT2D eigenvalue weighted by molar-refractivity contribution is -0.143. The van der Waals surface area contributed by atoms with Gasteiger partial charge in [-0.05, 0) is 12.5 Å². The maximum Gasteiger partial charge on any atom is 0.326 e. The molecule has 5 nitrogen and oxygen atoms in total. The summed E-state index contributed by atoms with van der Waals surface area (Å²) < 4.78 is 0. The average molecular weight is 216 g/mol. The van der Waals surface area contributed by atoms with Gasteiger partial charge in [0.2, 0.25) is 5.91 Å². The number of carbonyl (C=O) groups is 2. The zero-order valence-corrected chi connectivity index (χ0v) is 9.54. The van der Waals surface area contributed by atoms with Gasteiger partial charge in [0.25, 0.3) is 0 Å². The van der Waals surface area contributed by atoms with Crippen molar-refractivity contribution in [2.24, 2.45) is 5.92 Å². The molecule has 0 aliphatic rings. The standard InChI is InChI=1S/C10H20N2O3/c1-4-11-6-5-8(13)12-9(7(2)3)10(14)15/h7,9,11H,4-6H2,1-3H3,(H,12,13)(H,14,15). The first-order chi connectivity index (χ1) is 6.99. The summed E-state index contributed by atoms with van der Waals surface area (Å²) in [5.74, 6) is -1.32. The largest absolute Gasteiger partial charge is 0.480 e. The van der Waals surface area contributed by atoms with Crippen LogP contribution < -0.4 is 10.6 Å². The molecule has 0 saturated carbocycles. The molecule has 5 heteroatoms. The molecule has 0 aliphatic heterocycles. The fourth-order valence-electron chi connectivity index (χ4n) is 1.14. The van der Waals surface area contributed by atoms with E-state index < -0.39 is 12.0 Å². The first-order valence-electron chi connectivity index (χ1n) is 5.22. The lowest BCUT2D eigenvalue weighted by atomic mass is 10.0. The van der Waals surface area contributed by atoms with Crippen molar-refractivity contribution in [1.29, 1.82) is 0 Å². The Morgan fingerprint density at radius 3 is 2.33 bits per heavy atom. The van der Waals surface area contributed by atoms with E-state index in [1.165, 1.54) is 0 Å². The number of hydrogen-bond donors (Lipinski definition) is 3. The van der Waals surface area contributed by atoms with Crippen molar-refractivity contribution in [2.75, 3.05) is 13.1 Å². The molecule has 0 heterocycles. The number of rotatable bonds is 7. The predicted octanol–water partition coefficient (Wildman–Crippen LogP) is 0.211. The molecule has 0 fully saturated rings. The van der Waals surface area contributed by atoms with E-state index in [2.05, 4.69) is 10.6 Å². The molecule has 1 atom stereocenters. The molecular weight excluding hydrogens is 196 g/mol. The average Bonchev–Trinajstić information content (AvgIpc) is 2.13. The number of carbonyl (C=O) groups excluding carboxylic acids is 1. The summed E-state index contributed by atoms with van der Waals surface area (Å²) in [5, 5.41) is 14.3. The van der Waals surface area contributed by atoms with Crippen molar-refractivity contribution >= 4 is 11.9 Å². The monoisotopic (exact) mass is 216 g/mol. The molecule has 0 aromatic heterocycles. The fraction of sp³-hybridized carbons (Fsp3) is 0.800. The van der Waals surface area contributed by atoms with Gasteiger partial charge < -0.3 is 15.7 Å². The van der Waals surface area contributed by atoms with Gasteiger partial charge in [-0.3, -0.25) is 4.79 Å². The van der Waals surface area contributed by atoms with Crippen molar-refractivity contribution in [3.8, 4) is 0 Å². The minimum absolute atomic E-state index is 0.106. The van der Waals surface area contributed by atoms with Crippen LogP contribution in [0.25, 0.3) is 0 Å². The Bertz CT molecular complexity index is 217. The van der Waals surface area contributed by atoms with Crippen LogP contribution in [0.15, 0.2) is 0 Å². The number of aliphatic carboxylic acids is 1. The van der Waals surface area contributed by atoms with Crippen molar-refractivity contribution in [3.63, 3.8) is 0 Å². The van der Waals surface area contributed by atoms with E-state index in [1.807, 2.05) is 6.92 Å². The van der Waals surface area contributed by atoms with Gasteiger partial charge in [0.1, 0.15) is 6.04 Å². The fourth-order valence-corrected chi connectivity index (χ4v) is 1.14. The van der Waals surface area contributed by atoms with Crippen LogP contribution in [0.5, 0.6) is 0 Å². The maximum atomic E-state index is 11.3. The Kier molecular flexibility index (Phi) is 6.70. The van der Waals surface area contributed by atoms with E-state index in [1.54, 1.807) is 13.8 Å². The minimum Gasteiger partial charge on any atom is -0.480 e. The number of amides is 1. The third-order valence-corrected chi connectivity index (χ3v) is 2.03. The molecule has 0 rings (SSSR count). The number of nitrogens with one attached hydrogen (secondary N) is 2. The highest BCUT2D eigenvalue weighted by Crippen LogP contribution is 2.01. The van der Waals surface area contributed by atoms with Crippen LogP contribution in [0.1, 0.15) is 27.2 Å². The molecule has 0 radical (unpaired) electrons. The second-order valence-electron chi connectivity index (χ2n) is 3.73. The topological polar surface area (TPSA) is 78.4 Å². The first-order valence-corrected chi connectivity index (χ1v) is 5.22. The molecule has 0 aromatic carbocycles. The molecule has 15 heavy (non-hydrogen) atoms. The third kappa shape index (κ3) is 6.06. The summed E-state index contributed by atoms with van der Waals surface area (Å²) in [7, 11) is 0. The molecule has 0 saturated heterocycles. The minimum atomic E-state index is -0.984. The number of carboxylic acid groups (broad SMARTS) is 1. The Labute approximate surface area is 90.2 Å². The SMILES string of the molecule is CCNCCC(=O)NC(C(=O)O)C(C)C. The third-order valence-electron chi connectivity index (χ3n) is 2.03. The molecule has 0 spiro atoms. The van der Waals surface area contributed by atoms with E-state index in [0.717, 1.165) is 6.54 Å². The van der Waals surface area contributed by atoms with Gasteiger partial charge in [-0.1, -0.05) is 20.8 Å². The summed E-state index contributed by atoms with van der Waals surface area (Å²) in [6, 6.07) is -0.792. The molecule has 0 aliphatic carbocycles. The Morgan fingerprint density at radius 2 is 1.93 bits per heavy atom. The van der Waals surface area contributed by atoms with Gasteiger partial charge in [0.15, 0.2) is 0 Å². The summed E-state index contributed by atoms with van der Waals surface area (Å²) >= 11 is 0. The van der Waals surface area contributed by atoms with Crippen LogP contribution in [0.4, 0.5) is 0 Å². The van der Waals surface area contributed by atoms with E-state index >= 15 is 0 Å². The first kappa shape index (κ1) is 13.9. The zero-order chi connectivity index (χ0) is 11.8. The van der Waals surface area contributed by atoms with Crippen molar-refractivity contribution in [3.05, 3.63) is 0 Å². The highest BCUT2D eigenvalue weighted by Gasteiger charge is 2.22. The molecule has 88 valence electrons. The van der Waals surface area contributed by atoms with Crippen LogP contribution in [-0.2, 0) is 9.59 Å². The lowest BCUT2D eigenvalue weighted by Crippen LogP contribution is -2.44. The quantitative estimate of drug-likeness (QED) is 0.532. The molecule has 0 aromatic rings. The van der Waals surface area contributed by atoms with Crippen LogP contribution in [-0.4, -0.2) is 36.1 Å². The Morgan fingerprint density at radius 1 is 1.33 bits per heavy atom. The summed E-state index contributed by atoms with van der Waals surface area (Å²) in [5.41, 5.74) is 0. The van der Waals surface area contributed by atoms with Crippen LogP contribution in [0.3, 0.4) is 0 Å². The van der Waals surface area contributed by atoms with Crippen molar-refractivity contribution in [2.45, 2.75) is 33.2 Å². The molecular formula is C10H20N2O3. The maximum absolute atomic E-state index is 11.3. The molecule has 0 bridgehead atoms. The van der Waals surface area contributed by atoms with E-state index in [9.17, 15) is 9.59 Å². The van der Waals surface area contributed by atoms with Crippen molar-refractivity contribution < 1.29 is 14.7 Å². The normalized spacial score (nSPS) is 12.5. The smallest absolute Gasteiger partial charge is 0.326 e. The van der Waals surface area contributed by atoms with E-state index in [4.69, 9.17) is 5.11 Å². The van der Waals surface area contributed by atoms with Crippen LogP contribution >= 0.6 is 0 Å². The summed E-state index contributed by atoms with van der Waals surface area (Å²) in [6.45, 7) is 6.87. The zero-order valence-electron chi connectivity index (χ0n) is 9.54. The second-order valence-corrected chi connectivity index (χ2v) is 3.73. The van der Waals surface area contributed by atoms with Crippen LogP contribution in [0, 0.1) is 5.92 Å². The molecule has 1 unspecified atom stereocenters. The number of carboxylic acids is 1. The van der Waals surface area contributed by atoms with Gasteiger partial charge in [0, 0.05) is 13.0 Å². The van der Waals surface area contributed by atoms with E-state index in [-0.39, 0.29) is 11.8 Å². The molecule has 3 N–H and O–H groups in total. The van der Waals surface area contributed by atoms with Crippen molar-refractivity contribution in [1.82, 2.24) is 10.6 Å². The van der Waals surface area contributed by atoms with Gasteiger partial charge in [0.05, 0.1) is 0 Å². The van der Waals surface area contributed by atoms with E-state index in [0.29, 0.717) is 13.0 Å². The highest BCUT2D eigenvalue weighted by atomic mass is 16.4. The van der Waals surface area contributed by atoms with Gasteiger partial charge >= 0.3 is 5.97 Å². The Hall–Kier alpha value is -1.10.